The van der Waals surface area contributed by atoms with E-state index in [2.05, 4.69) is 11.4 Å². The van der Waals surface area contributed by atoms with Crippen LogP contribution in [0.4, 0.5) is 11.4 Å². The molecule has 1 aromatic carbocycles. The number of amides is 2. The van der Waals surface area contributed by atoms with Crippen LogP contribution in [-0.4, -0.2) is 38.0 Å². The molecule has 1 N–H and O–H groups in total. The van der Waals surface area contributed by atoms with E-state index in [0.29, 0.717) is 23.5 Å². The number of nitrogens with zero attached hydrogens (tertiary/aromatic N) is 3. The van der Waals surface area contributed by atoms with Crippen LogP contribution in [0, 0.1) is 11.3 Å². The van der Waals surface area contributed by atoms with Gasteiger partial charge in [-0.15, -0.1) is 0 Å². The zero-order valence-electron chi connectivity index (χ0n) is 10.4. The Bertz CT molecular complexity index is 620. The van der Waals surface area contributed by atoms with Gasteiger partial charge in [0.05, 0.1) is 29.6 Å². The number of hydrogen-bond acceptors (Lipinski definition) is 4. The summed E-state index contributed by atoms with van der Waals surface area (Å²) in [5.74, 6) is -0.258. The van der Waals surface area contributed by atoms with E-state index >= 15 is 0 Å². The fourth-order valence-electron chi connectivity index (χ4n) is 2.58. The number of carbonyl (C=O) groups excluding carboxylic acids is 2. The first-order valence-corrected chi connectivity index (χ1v) is 5.98. The molecule has 0 radical (unpaired) electrons. The molecule has 6 heteroatoms. The van der Waals surface area contributed by atoms with E-state index in [4.69, 9.17) is 5.26 Å². The van der Waals surface area contributed by atoms with Crippen molar-refractivity contribution in [3.05, 3.63) is 23.8 Å². The van der Waals surface area contributed by atoms with Crippen LogP contribution >= 0.6 is 0 Å². The lowest BCUT2D eigenvalue weighted by Gasteiger charge is -2.42. The van der Waals surface area contributed by atoms with Gasteiger partial charge in [0.1, 0.15) is 6.04 Å². The van der Waals surface area contributed by atoms with Gasteiger partial charge < -0.3 is 10.2 Å². The van der Waals surface area contributed by atoms with Crippen molar-refractivity contribution < 1.29 is 9.59 Å². The molecule has 1 unspecified atom stereocenters. The van der Waals surface area contributed by atoms with Crippen molar-refractivity contribution in [3.63, 3.8) is 0 Å². The van der Waals surface area contributed by atoms with E-state index in [1.165, 1.54) is 9.80 Å². The Morgan fingerprint density at radius 3 is 2.89 bits per heavy atom. The average molecular weight is 256 g/mol. The van der Waals surface area contributed by atoms with Gasteiger partial charge in [0, 0.05) is 13.6 Å². The predicted molar refractivity (Wildman–Crippen MR) is 68.7 cm³/mol. The van der Waals surface area contributed by atoms with Crippen molar-refractivity contribution in [2.24, 2.45) is 0 Å². The molecule has 1 aromatic rings. The van der Waals surface area contributed by atoms with Crippen LogP contribution in [0.1, 0.15) is 5.56 Å². The van der Waals surface area contributed by atoms with Gasteiger partial charge >= 0.3 is 0 Å². The number of carbonyl (C=O) groups is 2. The number of piperazine rings is 1. The third-order valence-electron chi connectivity index (χ3n) is 3.54. The molecular weight excluding hydrogens is 244 g/mol. The Hall–Kier alpha value is -2.39. The summed E-state index contributed by atoms with van der Waals surface area (Å²) in [6.45, 7) is 0.648. The van der Waals surface area contributed by atoms with Crippen LogP contribution in [0.2, 0.25) is 0 Å². The lowest BCUT2D eigenvalue weighted by Crippen LogP contribution is -2.63. The Kier molecular flexibility index (Phi) is 2.50. The number of rotatable bonds is 0. The molecule has 96 valence electrons. The second kappa shape index (κ2) is 4.07. The van der Waals surface area contributed by atoms with E-state index in [9.17, 15) is 9.59 Å². The van der Waals surface area contributed by atoms with Crippen LogP contribution in [0.5, 0.6) is 0 Å². The molecule has 1 atom stereocenters. The van der Waals surface area contributed by atoms with Crippen LogP contribution in [0.15, 0.2) is 18.2 Å². The third-order valence-corrected chi connectivity index (χ3v) is 3.54. The maximum absolute atomic E-state index is 12.2. The second-order valence-electron chi connectivity index (χ2n) is 4.62. The maximum atomic E-state index is 12.2. The number of nitriles is 1. The van der Waals surface area contributed by atoms with E-state index in [-0.39, 0.29) is 18.4 Å². The lowest BCUT2D eigenvalue weighted by atomic mass is 10.0. The van der Waals surface area contributed by atoms with E-state index in [0.717, 1.165) is 0 Å². The minimum Gasteiger partial charge on any atom is -0.312 e. The summed E-state index contributed by atoms with van der Waals surface area (Å²) in [7, 11) is 1.68. The van der Waals surface area contributed by atoms with Crippen LogP contribution in [0.3, 0.4) is 0 Å². The summed E-state index contributed by atoms with van der Waals surface area (Å²) in [5.41, 5.74) is 1.78. The highest BCUT2D eigenvalue weighted by molar-refractivity contribution is 6.14. The molecule has 0 bridgehead atoms. The number of benzene rings is 1. The van der Waals surface area contributed by atoms with Crippen LogP contribution < -0.4 is 15.1 Å². The fourth-order valence-corrected chi connectivity index (χ4v) is 2.58. The van der Waals surface area contributed by atoms with Crippen molar-refractivity contribution in [1.29, 1.82) is 5.26 Å². The number of fused-ring (bicyclic) bond motifs is 3. The first kappa shape index (κ1) is 11.7. The maximum Gasteiger partial charge on any atom is 0.251 e. The lowest BCUT2D eigenvalue weighted by molar-refractivity contribution is -0.126. The van der Waals surface area contributed by atoms with Crippen molar-refractivity contribution in [3.8, 4) is 6.07 Å². The number of likely N-dealkylation sites (N-methyl/N-ethyl adjacent to an activating group) is 1. The molecule has 0 spiro atoms. The van der Waals surface area contributed by atoms with Crippen molar-refractivity contribution in [1.82, 2.24) is 5.32 Å². The molecule has 1 fully saturated rings. The Labute approximate surface area is 110 Å². The molecule has 2 heterocycles. The smallest absolute Gasteiger partial charge is 0.251 e. The molecule has 2 aliphatic heterocycles. The summed E-state index contributed by atoms with van der Waals surface area (Å²) in [6.07, 6.45) is 0. The molecule has 2 amide bonds. The van der Waals surface area contributed by atoms with Gasteiger partial charge in [0.25, 0.3) is 5.91 Å². The summed E-state index contributed by atoms with van der Waals surface area (Å²) in [6, 6.07) is 6.55. The van der Waals surface area contributed by atoms with Crippen molar-refractivity contribution in [2.75, 3.05) is 29.9 Å². The molecule has 3 rings (SSSR count). The molecule has 0 aromatic heterocycles. The topological polar surface area (TPSA) is 76.4 Å². The third kappa shape index (κ3) is 1.59. The summed E-state index contributed by atoms with van der Waals surface area (Å²) in [5, 5.41) is 11.9. The molecule has 19 heavy (non-hydrogen) atoms. The molecule has 0 aliphatic carbocycles. The molecule has 0 saturated carbocycles. The number of hydrogen-bond donors (Lipinski definition) is 1. The van der Waals surface area contributed by atoms with Crippen molar-refractivity contribution in [2.45, 2.75) is 6.04 Å². The van der Waals surface area contributed by atoms with E-state index in [1.807, 2.05) is 0 Å². The Morgan fingerprint density at radius 2 is 2.16 bits per heavy atom. The summed E-state index contributed by atoms with van der Waals surface area (Å²) >= 11 is 0. The molecule has 6 nitrogen and oxygen atoms in total. The first-order chi connectivity index (χ1) is 9.13. The Morgan fingerprint density at radius 1 is 1.37 bits per heavy atom. The standard InChI is InChI=1S/C13H12N4O2/c1-16-9-3-2-8(5-14)4-10(9)17-11(13(16)19)6-15-7-12(17)18/h2-4,11,15H,6-7H2,1H3. The zero-order chi connectivity index (χ0) is 13.6. The quantitative estimate of drug-likeness (QED) is 0.699. The van der Waals surface area contributed by atoms with Crippen LogP contribution in [-0.2, 0) is 9.59 Å². The average Bonchev–Trinajstić information content (AvgIpc) is 2.44. The molecule has 2 aliphatic rings. The highest BCUT2D eigenvalue weighted by atomic mass is 16.2. The van der Waals surface area contributed by atoms with Gasteiger partial charge in [-0.05, 0) is 18.2 Å². The van der Waals surface area contributed by atoms with Gasteiger partial charge in [-0.2, -0.15) is 5.26 Å². The van der Waals surface area contributed by atoms with Crippen LogP contribution in [0.25, 0.3) is 0 Å². The van der Waals surface area contributed by atoms with Gasteiger partial charge in [-0.3, -0.25) is 14.5 Å². The minimum atomic E-state index is -0.521. The SMILES string of the molecule is CN1C(=O)C2CNCC(=O)N2c2cc(C#N)ccc21. The Balaban J connectivity index is 2.20. The molecule has 1 saturated heterocycles. The largest absolute Gasteiger partial charge is 0.312 e. The predicted octanol–water partition coefficient (Wildman–Crippen LogP) is -0.161. The fraction of sp³-hybridized carbons (Fsp3) is 0.308. The molecular formula is C13H12N4O2. The van der Waals surface area contributed by atoms with Gasteiger partial charge in [0.15, 0.2) is 0 Å². The first-order valence-electron chi connectivity index (χ1n) is 5.98. The minimum absolute atomic E-state index is 0.113. The normalized spacial score (nSPS) is 21.8. The number of anilines is 2. The van der Waals surface area contributed by atoms with Crippen molar-refractivity contribution >= 4 is 23.2 Å². The van der Waals surface area contributed by atoms with Gasteiger partial charge in [-0.25, -0.2) is 0 Å². The highest BCUT2D eigenvalue weighted by Crippen LogP contribution is 2.36. The second-order valence-corrected chi connectivity index (χ2v) is 4.62. The van der Waals surface area contributed by atoms with Gasteiger partial charge in [-0.1, -0.05) is 0 Å². The highest BCUT2D eigenvalue weighted by Gasteiger charge is 2.41. The number of nitrogens with one attached hydrogen (secondary N) is 1. The van der Waals surface area contributed by atoms with E-state index in [1.54, 1.807) is 25.2 Å². The summed E-state index contributed by atoms with van der Waals surface area (Å²) < 4.78 is 0. The zero-order valence-corrected chi connectivity index (χ0v) is 10.4. The summed E-state index contributed by atoms with van der Waals surface area (Å²) in [4.78, 5) is 27.4. The monoisotopic (exact) mass is 256 g/mol. The van der Waals surface area contributed by atoms with Gasteiger partial charge in [0.2, 0.25) is 5.91 Å². The van der Waals surface area contributed by atoms with E-state index < -0.39 is 6.04 Å².